The van der Waals surface area contributed by atoms with E-state index in [-0.39, 0.29) is 16.7 Å². The highest BCUT2D eigenvalue weighted by atomic mass is 16.5. The number of esters is 1. The summed E-state index contributed by atoms with van der Waals surface area (Å²) in [6.45, 7) is 5.72. The van der Waals surface area contributed by atoms with Crippen LogP contribution in [0.15, 0.2) is 45.6 Å². The van der Waals surface area contributed by atoms with Gasteiger partial charge in [0.25, 0.3) is 0 Å². The van der Waals surface area contributed by atoms with Crippen LogP contribution in [0.1, 0.15) is 27.0 Å². The van der Waals surface area contributed by atoms with E-state index in [1.165, 1.54) is 27.4 Å². The van der Waals surface area contributed by atoms with Gasteiger partial charge in [-0.15, -0.1) is 0 Å². The van der Waals surface area contributed by atoms with Gasteiger partial charge in [0.15, 0.2) is 11.5 Å². The molecule has 0 saturated heterocycles. The number of rotatable bonds is 5. The summed E-state index contributed by atoms with van der Waals surface area (Å²) in [6, 6.07) is 10.3. The Morgan fingerprint density at radius 3 is 2.09 bits per heavy atom. The Hall–Kier alpha value is -4.00. The van der Waals surface area contributed by atoms with Crippen LogP contribution >= 0.6 is 0 Å². The highest BCUT2D eigenvalue weighted by molar-refractivity contribution is 6.10. The summed E-state index contributed by atoms with van der Waals surface area (Å²) in [4.78, 5) is 25.7. The van der Waals surface area contributed by atoms with Crippen molar-refractivity contribution in [2.45, 2.75) is 20.8 Å². The minimum absolute atomic E-state index is 0.251. The van der Waals surface area contributed by atoms with Gasteiger partial charge in [-0.3, -0.25) is 0 Å². The highest BCUT2D eigenvalue weighted by Gasteiger charge is 2.22. The second-order valence-corrected chi connectivity index (χ2v) is 7.78. The van der Waals surface area contributed by atoms with Crippen molar-refractivity contribution >= 4 is 27.7 Å². The van der Waals surface area contributed by atoms with E-state index in [0.717, 1.165) is 16.7 Å². The minimum atomic E-state index is -0.578. The first-order valence-corrected chi connectivity index (χ1v) is 10.3. The Bertz CT molecular complexity index is 1440. The molecule has 0 fully saturated rings. The second kappa shape index (κ2) is 8.50. The molecule has 0 unspecified atom stereocenters. The Morgan fingerprint density at radius 1 is 0.818 bits per heavy atom. The van der Waals surface area contributed by atoms with Gasteiger partial charge < -0.3 is 23.4 Å². The molecule has 0 aliphatic rings. The third-order valence-corrected chi connectivity index (χ3v) is 5.57. The maximum Gasteiger partial charge on any atom is 0.344 e. The molecule has 7 nitrogen and oxygen atoms in total. The number of fused-ring (bicyclic) bond motifs is 3. The molecule has 1 aromatic heterocycles. The third kappa shape index (κ3) is 3.75. The van der Waals surface area contributed by atoms with Crippen LogP contribution in [0.5, 0.6) is 23.0 Å². The standard InChI is InChI=1S/C26H24O7/c1-13-9-14(2)21(15(3)10-13)26(28)32-16-7-8-17-19(11-16)33-25(27)18-12-20(29-4)23(30-5)24(31-6)22(17)18/h7-12H,1-6H3. The summed E-state index contributed by atoms with van der Waals surface area (Å²) in [7, 11) is 4.45. The van der Waals surface area contributed by atoms with Crippen LogP contribution < -0.4 is 24.6 Å². The molecule has 0 N–H and O–H groups in total. The molecule has 0 aliphatic heterocycles. The van der Waals surface area contributed by atoms with Gasteiger partial charge in [-0.1, -0.05) is 17.7 Å². The SMILES string of the molecule is COc1cc2c(=O)oc3cc(OC(=O)c4c(C)cc(C)cc4C)ccc3c2c(OC)c1OC. The normalized spacial score (nSPS) is 11.0. The van der Waals surface area contributed by atoms with Crippen molar-refractivity contribution in [3.8, 4) is 23.0 Å². The van der Waals surface area contributed by atoms with Gasteiger partial charge in [-0.2, -0.15) is 0 Å². The van der Waals surface area contributed by atoms with Crippen LogP contribution in [0.3, 0.4) is 0 Å². The van der Waals surface area contributed by atoms with E-state index in [1.807, 2.05) is 32.9 Å². The molecule has 0 radical (unpaired) electrons. The zero-order valence-corrected chi connectivity index (χ0v) is 19.3. The number of carbonyl (C=O) groups excluding carboxylic acids is 1. The van der Waals surface area contributed by atoms with Crippen LogP contribution in [0.25, 0.3) is 21.7 Å². The number of hydrogen-bond donors (Lipinski definition) is 0. The predicted molar refractivity (Wildman–Crippen MR) is 125 cm³/mol. The first-order valence-electron chi connectivity index (χ1n) is 10.3. The topological polar surface area (TPSA) is 84.2 Å². The summed E-state index contributed by atoms with van der Waals surface area (Å²) in [6.07, 6.45) is 0. The van der Waals surface area contributed by atoms with E-state index in [2.05, 4.69) is 0 Å². The Balaban J connectivity index is 1.86. The minimum Gasteiger partial charge on any atom is -0.493 e. The molecule has 0 aliphatic carbocycles. The van der Waals surface area contributed by atoms with Gasteiger partial charge in [-0.25, -0.2) is 9.59 Å². The number of ether oxygens (including phenoxy) is 4. The van der Waals surface area contributed by atoms with Crippen LogP contribution in [-0.2, 0) is 0 Å². The quantitative estimate of drug-likeness (QED) is 0.181. The van der Waals surface area contributed by atoms with Crippen molar-refractivity contribution in [3.05, 3.63) is 69.1 Å². The first kappa shape index (κ1) is 22.2. The lowest BCUT2D eigenvalue weighted by molar-refractivity contribution is 0.0733. The molecule has 0 atom stereocenters. The molecule has 0 bridgehead atoms. The Labute approximate surface area is 190 Å². The lowest BCUT2D eigenvalue weighted by Crippen LogP contribution is -2.12. The molecule has 33 heavy (non-hydrogen) atoms. The van der Waals surface area contributed by atoms with Crippen molar-refractivity contribution in [2.24, 2.45) is 0 Å². The van der Waals surface area contributed by atoms with Crippen LogP contribution in [-0.4, -0.2) is 27.3 Å². The van der Waals surface area contributed by atoms with E-state index in [4.69, 9.17) is 23.4 Å². The highest BCUT2D eigenvalue weighted by Crippen LogP contribution is 2.45. The number of carbonyl (C=O) groups is 1. The fraction of sp³-hybridized carbons (Fsp3) is 0.231. The number of methoxy groups -OCH3 is 3. The van der Waals surface area contributed by atoms with Crippen molar-refractivity contribution in [2.75, 3.05) is 21.3 Å². The van der Waals surface area contributed by atoms with Crippen molar-refractivity contribution in [3.63, 3.8) is 0 Å². The molecule has 0 amide bonds. The summed E-state index contributed by atoms with van der Waals surface area (Å²) in [5, 5.41) is 1.40. The first-order chi connectivity index (χ1) is 15.8. The van der Waals surface area contributed by atoms with E-state index < -0.39 is 11.6 Å². The zero-order valence-electron chi connectivity index (χ0n) is 19.3. The van der Waals surface area contributed by atoms with Gasteiger partial charge >= 0.3 is 11.6 Å². The van der Waals surface area contributed by atoms with Crippen LogP contribution in [0, 0.1) is 20.8 Å². The smallest absolute Gasteiger partial charge is 0.344 e. The van der Waals surface area contributed by atoms with Crippen LogP contribution in [0.4, 0.5) is 0 Å². The monoisotopic (exact) mass is 448 g/mol. The average molecular weight is 448 g/mol. The number of hydrogen-bond acceptors (Lipinski definition) is 7. The maximum absolute atomic E-state index is 12.9. The second-order valence-electron chi connectivity index (χ2n) is 7.78. The van der Waals surface area contributed by atoms with E-state index >= 15 is 0 Å². The Kier molecular flexibility index (Phi) is 5.72. The molecule has 1 heterocycles. The van der Waals surface area contributed by atoms with Gasteiger partial charge in [0.1, 0.15) is 11.3 Å². The summed E-state index contributed by atoms with van der Waals surface area (Å²) < 4.78 is 27.5. The molecule has 7 heteroatoms. The molecule has 170 valence electrons. The molecule has 0 spiro atoms. The van der Waals surface area contributed by atoms with Crippen LogP contribution in [0.2, 0.25) is 0 Å². The van der Waals surface area contributed by atoms with Crippen molar-refractivity contribution < 1.29 is 28.2 Å². The molecule has 0 saturated carbocycles. The molecule has 4 rings (SSSR count). The van der Waals surface area contributed by atoms with Gasteiger partial charge in [-0.05, 0) is 50.1 Å². The molecular formula is C26H24O7. The van der Waals surface area contributed by atoms with Gasteiger partial charge in [0.05, 0.1) is 32.3 Å². The summed E-state index contributed by atoms with van der Waals surface area (Å²) >= 11 is 0. The largest absolute Gasteiger partial charge is 0.493 e. The Morgan fingerprint density at radius 2 is 1.48 bits per heavy atom. The fourth-order valence-corrected chi connectivity index (χ4v) is 4.26. The van der Waals surface area contributed by atoms with E-state index in [0.29, 0.717) is 33.6 Å². The van der Waals surface area contributed by atoms with E-state index in [1.54, 1.807) is 18.2 Å². The summed E-state index contributed by atoms with van der Waals surface area (Å²) in [5.41, 5.74) is 2.93. The average Bonchev–Trinajstić information content (AvgIpc) is 2.76. The number of benzene rings is 3. The number of aryl methyl sites for hydroxylation is 3. The fourth-order valence-electron chi connectivity index (χ4n) is 4.26. The lowest BCUT2D eigenvalue weighted by Gasteiger charge is -2.15. The molecule has 3 aromatic carbocycles. The van der Waals surface area contributed by atoms with Crippen molar-refractivity contribution in [1.82, 2.24) is 0 Å². The van der Waals surface area contributed by atoms with Crippen molar-refractivity contribution in [1.29, 1.82) is 0 Å². The lowest BCUT2D eigenvalue weighted by atomic mass is 10.00. The maximum atomic E-state index is 12.9. The predicted octanol–water partition coefficient (Wildman–Crippen LogP) is 5.12. The van der Waals surface area contributed by atoms with Gasteiger partial charge in [0.2, 0.25) is 5.75 Å². The molecule has 4 aromatic rings. The van der Waals surface area contributed by atoms with E-state index in [9.17, 15) is 9.59 Å². The zero-order chi connectivity index (χ0) is 23.9. The third-order valence-electron chi connectivity index (χ3n) is 5.57. The molecular weight excluding hydrogens is 424 g/mol. The summed E-state index contributed by atoms with van der Waals surface area (Å²) in [5.74, 6) is 0.841. The van der Waals surface area contributed by atoms with Gasteiger partial charge in [0, 0.05) is 16.8 Å².